The molecule has 0 amide bonds. The predicted molar refractivity (Wildman–Crippen MR) is 63.4 cm³/mol. The maximum atomic E-state index is 10.0. The zero-order valence-electron chi connectivity index (χ0n) is 9.32. The summed E-state index contributed by atoms with van der Waals surface area (Å²) in [7, 11) is 0. The second-order valence-corrected chi connectivity index (χ2v) is 4.50. The van der Waals surface area contributed by atoms with Gasteiger partial charge in [-0.1, -0.05) is 12.2 Å². The summed E-state index contributed by atoms with van der Waals surface area (Å²) in [5, 5.41) is 10.0. The van der Waals surface area contributed by atoms with Crippen LogP contribution in [0.3, 0.4) is 0 Å². The number of ether oxygens (including phenoxy) is 2. The first-order valence-electron chi connectivity index (χ1n) is 5.76. The third-order valence-electron chi connectivity index (χ3n) is 3.28. The number of rotatable bonds is 3. The molecule has 2 aliphatic heterocycles. The highest BCUT2D eigenvalue weighted by Crippen LogP contribution is 2.36. The van der Waals surface area contributed by atoms with Crippen LogP contribution < -0.4 is 10.5 Å². The number of aliphatic hydroxyl groups excluding tert-OH is 1. The highest BCUT2D eigenvalue weighted by molar-refractivity contribution is 5.41. The second kappa shape index (κ2) is 4.05. The van der Waals surface area contributed by atoms with E-state index in [1.54, 1.807) is 24.3 Å². The highest BCUT2D eigenvalue weighted by Gasteiger charge is 2.41. The van der Waals surface area contributed by atoms with Gasteiger partial charge < -0.3 is 20.3 Å². The van der Waals surface area contributed by atoms with Crippen molar-refractivity contribution < 1.29 is 14.6 Å². The molecule has 90 valence electrons. The van der Waals surface area contributed by atoms with Crippen LogP contribution in [-0.4, -0.2) is 23.6 Å². The number of fused-ring (bicyclic) bond motifs is 2. The molecule has 4 heteroatoms. The fourth-order valence-electron chi connectivity index (χ4n) is 2.36. The number of hydrogen-bond acceptors (Lipinski definition) is 4. The first-order chi connectivity index (χ1) is 8.22. The lowest BCUT2D eigenvalue weighted by Crippen LogP contribution is -2.32. The zero-order chi connectivity index (χ0) is 11.8. The molecule has 4 atom stereocenters. The molecule has 2 aliphatic rings. The maximum Gasteiger partial charge on any atom is 0.203 e. The quantitative estimate of drug-likeness (QED) is 0.469. The minimum absolute atomic E-state index is 0.0104. The van der Waals surface area contributed by atoms with Crippen LogP contribution in [0.25, 0.3) is 0 Å². The standard InChI is InChI=1S/C13H15NO3/c14-8-1-3-9(4-2-8)17-13(15)11-7-10-5-6-12(11)16-10/h1-6,10-13,15H,7,14H2. The summed E-state index contributed by atoms with van der Waals surface area (Å²) in [6.45, 7) is 0. The SMILES string of the molecule is Nc1ccc(OC(O)C2CC3C=CC2O3)cc1. The first-order valence-corrected chi connectivity index (χ1v) is 5.76. The number of aliphatic hydroxyl groups is 1. The van der Waals surface area contributed by atoms with Gasteiger partial charge in [-0.05, 0) is 30.7 Å². The molecule has 0 radical (unpaired) electrons. The minimum atomic E-state index is -0.835. The molecule has 1 aromatic carbocycles. The van der Waals surface area contributed by atoms with E-state index in [0.29, 0.717) is 11.4 Å². The van der Waals surface area contributed by atoms with Crippen molar-refractivity contribution in [2.45, 2.75) is 24.9 Å². The van der Waals surface area contributed by atoms with E-state index in [4.69, 9.17) is 15.2 Å². The van der Waals surface area contributed by atoms with Gasteiger partial charge in [-0.2, -0.15) is 0 Å². The molecule has 0 aliphatic carbocycles. The van der Waals surface area contributed by atoms with Gasteiger partial charge in [-0.15, -0.1) is 0 Å². The van der Waals surface area contributed by atoms with Crippen molar-refractivity contribution in [3.05, 3.63) is 36.4 Å². The molecule has 17 heavy (non-hydrogen) atoms. The molecule has 0 aromatic heterocycles. The van der Waals surface area contributed by atoms with Crippen LogP contribution in [0.15, 0.2) is 36.4 Å². The highest BCUT2D eigenvalue weighted by atomic mass is 16.6. The molecule has 0 spiro atoms. The number of benzene rings is 1. The normalized spacial score (nSPS) is 31.7. The van der Waals surface area contributed by atoms with E-state index in [0.717, 1.165) is 6.42 Å². The van der Waals surface area contributed by atoms with E-state index in [1.807, 2.05) is 12.2 Å². The Hall–Kier alpha value is -1.52. The molecule has 3 N–H and O–H groups in total. The van der Waals surface area contributed by atoms with Crippen molar-refractivity contribution in [1.29, 1.82) is 0 Å². The molecular formula is C13H15NO3. The molecule has 2 bridgehead atoms. The average Bonchev–Trinajstić information content (AvgIpc) is 2.94. The van der Waals surface area contributed by atoms with Gasteiger partial charge in [-0.3, -0.25) is 0 Å². The maximum absolute atomic E-state index is 10.0. The lowest BCUT2D eigenvalue weighted by atomic mass is 9.94. The topological polar surface area (TPSA) is 64.7 Å². The first kappa shape index (κ1) is 10.6. The van der Waals surface area contributed by atoms with Crippen LogP contribution in [0.5, 0.6) is 5.75 Å². The Morgan fingerprint density at radius 3 is 2.65 bits per heavy atom. The lowest BCUT2D eigenvalue weighted by molar-refractivity contribution is -0.0737. The van der Waals surface area contributed by atoms with Gasteiger partial charge in [0.2, 0.25) is 6.29 Å². The third-order valence-corrected chi connectivity index (χ3v) is 3.28. The van der Waals surface area contributed by atoms with Crippen LogP contribution in [0, 0.1) is 5.92 Å². The van der Waals surface area contributed by atoms with Gasteiger partial charge in [0, 0.05) is 5.69 Å². The van der Waals surface area contributed by atoms with E-state index in [-0.39, 0.29) is 18.1 Å². The summed E-state index contributed by atoms with van der Waals surface area (Å²) in [6, 6.07) is 7.00. The number of nitrogen functional groups attached to an aromatic ring is 1. The number of hydrogen-bond donors (Lipinski definition) is 2. The molecule has 4 unspecified atom stereocenters. The minimum Gasteiger partial charge on any atom is -0.465 e. The Balaban J connectivity index is 1.65. The van der Waals surface area contributed by atoms with Crippen LogP contribution in [0.4, 0.5) is 5.69 Å². The molecule has 1 fully saturated rings. The summed E-state index contributed by atoms with van der Waals surface area (Å²) >= 11 is 0. The summed E-state index contributed by atoms with van der Waals surface area (Å²) in [5.41, 5.74) is 6.26. The molecule has 1 aromatic rings. The van der Waals surface area contributed by atoms with Crippen LogP contribution in [0.1, 0.15) is 6.42 Å². The van der Waals surface area contributed by atoms with Crippen molar-refractivity contribution in [1.82, 2.24) is 0 Å². The summed E-state index contributed by atoms with van der Waals surface area (Å²) in [4.78, 5) is 0. The van der Waals surface area contributed by atoms with Crippen LogP contribution in [0.2, 0.25) is 0 Å². The fraction of sp³-hybridized carbons (Fsp3) is 0.385. The lowest BCUT2D eigenvalue weighted by Gasteiger charge is -2.22. The third kappa shape index (κ3) is 2.01. The van der Waals surface area contributed by atoms with Crippen molar-refractivity contribution >= 4 is 5.69 Å². The van der Waals surface area contributed by atoms with Gasteiger partial charge in [0.05, 0.1) is 18.1 Å². The molecule has 4 nitrogen and oxygen atoms in total. The Labute approximate surface area is 99.6 Å². The van der Waals surface area contributed by atoms with E-state index in [9.17, 15) is 5.11 Å². The average molecular weight is 233 g/mol. The largest absolute Gasteiger partial charge is 0.465 e. The second-order valence-electron chi connectivity index (χ2n) is 4.50. The van der Waals surface area contributed by atoms with Crippen LogP contribution >= 0.6 is 0 Å². The van der Waals surface area contributed by atoms with Gasteiger partial charge in [0.1, 0.15) is 5.75 Å². The Morgan fingerprint density at radius 2 is 2.06 bits per heavy atom. The Morgan fingerprint density at radius 1 is 1.29 bits per heavy atom. The van der Waals surface area contributed by atoms with Gasteiger partial charge in [0.25, 0.3) is 0 Å². The Bertz CT molecular complexity index is 429. The Kier molecular flexibility index (Phi) is 2.53. The van der Waals surface area contributed by atoms with Crippen molar-refractivity contribution in [2.75, 3.05) is 5.73 Å². The van der Waals surface area contributed by atoms with Crippen LogP contribution in [-0.2, 0) is 4.74 Å². The van der Waals surface area contributed by atoms with Gasteiger partial charge in [0.15, 0.2) is 0 Å². The van der Waals surface area contributed by atoms with Crippen molar-refractivity contribution in [3.63, 3.8) is 0 Å². The monoisotopic (exact) mass is 233 g/mol. The summed E-state index contributed by atoms with van der Waals surface area (Å²) in [5.74, 6) is 0.640. The summed E-state index contributed by atoms with van der Waals surface area (Å²) < 4.78 is 11.1. The van der Waals surface area contributed by atoms with E-state index in [1.165, 1.54) is 0 Å². The zero-order valence-corrected chi connectivity index (χ0v) is 9.32. The van der Waals surface area contributed by atoms with Crippen molar-refractivity contribution in [2.24, 2.45) is 5.92 Å². The van der Waals surface area contributed by atoms with Gasteiger partial charge >= 0.3 is 0 Å². The molecule has 3 rings (SSSR count). The number of nitrogens with two attached hydrogens (primary N) is 1. The van der Waals surface area contributed by atoms with E-state index >= 15 is 0 Å². The smallest absolute Gasteiger partial charge is 0.203 e. The molecular weight excluding hydrogens is 218 g/mol. The van der Waals surface area contributed by atoms with Gasteiger partial charge in [-0.25, -0.2) is 0 Å². The fourth-order valence-corrected chi connectivity index (χ4v) is 2.36. The summed E-state index contributed by atoms with van der Waals surface area (Å²) in [6.07, 6.45) is 4.15. The predicted octanol–water partition coefficient (Wildman–Crippen LogP) is 1.31. The number of anilines is 1. The van der Waals surface area contributed by atoms with Crippen molar-refractivity contribution in [3.8, 4) is 5.75 Å². The van der Waals surface area contributed by atoms with E-state index in [2.05, 4.69) is 0 Å². The van der Waals surface area contributed by atoms with E-state index < -0.39 is 6.29 Å². The molecule has 1 saturated heterocycles. The molecule has 0 saturated carbocycles. The molecule has 2 heterocycles.